The lowest BCUT2D eigenvalue weighted by molar-refractivity contribution is -0.126. The third kappa shape index (κ3) is 3.68. The number of nitrogens with one attached hydrogen (secondary N) is 1. The Labute approximate surface area is 170 Å². The Kier molecular flexibility index (Phi) is 4.97. The molecule has 5 heteroatoms. The quantitative estimate of drug-likeness (QED) is 0.717. The molecule has 29 heavy (non-hydrogen) atoms. The minimum Gasteiger partial charge on any atom is -0.492 e. The SMILES string of the molecule is CC(=O)N[C@@H]1C(=O)N(CCOc2ccc3ccccc3c2)c2c(C)cc(C)cc21. The molecule has 1 atom stereocenters. The number of hydrogen-bond donors (Lipinski definition) is 1. The summed E-state index contributed by atoms with van der Waals surface area (Å²) in [5.41, 5.74) is 3.82. The van der Waals surface area contributed by atoms with Crippen LogP contribution in [0.3, 0.4) is 0 Å². The highest BCUT2D eigenvalue weighted by molar-refractivity contribution is 6.07. The topological polar surface area (TPSA) is 58.6 Å². The molecule has 0 radical (unpaired) electrons. The first-order valence-electron chi connectivity index (χ1n) is 9.75. The summed E-state index contributed by atoms with van der Waals surface area (Å²) in [5, 5.41) is 5.06. The fourth-order valence-electron chi connectivity index (χ4n) is 4.06. The number of aryl methyl sites for hydroxylation is 2. The van der Waals surface area contributed by atoms with E-state index in [1.807, 2.05) is 56.3 Å². The van der Waals surface area contributed by atoms with Gasteiger partial charge in [-0.1, -0.05) is 48.0 Å². The first kappa shape index (κ1) is 19.0. The van der Waals surface area contributed by atoms with Crippen molar-refractivity contribution >= 4 is 28.3 Å². The van der Waals surface area contributed by atoms with Crippen LogP contribution in [0.4, 0.5) is 5.69 Å². The molecule has 1 aliphatic rings. The average Bonchev–Trinajstić information content (AvgIpc) is 2.93. The molecule has 3 aromatic rings. The summed E-state index contributed by atoms with van der Waals surface area (Å²) in [4.78, 5) is 26.4. The second-order valence-corrected chi connectivity index (χ2v) is 7.50. The zero-order chi connectivity index (χ0) is 20.5. The molecule has 0 aromatic heterocycles. The van der Waals surface area contributed by atoms with Crippen molar-refractivity contribution in [2.24, 2.45) is 0 Å². The number of carbonyl (C=O) groups excluding carboxylic acids is 2. The van der Waals surface area contributed by atoms with E-state index in [1.54, 1.807) is 4.90 Å². The number of hydrogen-bond acceptors (Lipinski definition) is 3. The molecule has 2 amide bonds. The second-order valence-electron chi connectivity index (χ2n) is 7.50. The number of benzene rings is 3. The van der Waals surface area contributed by atoms with Crippen molar-refractivity contribution in [3.63, 3.8) is 0 Å². The maximum Gasteiger partial charge on any atom is 0.254 e. The van der Waals surface area contributed by atoms with E-state index in [1.165, 1.54) is 6.92 Å². The fraction of sp³-hybridized carbons (Fsp3) is 0.250. The summed E-state index contributed by atoms with van der Waals surface area (Å²) in [6, 6.07) is 17.5. The van der Waals surface area contributed by atoms with Crippen molar-refractivity contribution in [1.29, 1.82) is 0 Å². The Morgan fingerprint density at radius 3 is 2.59 bits per heavy atom. The lowest BCUT2D eigenvalue weighted by Gasteiger charge is -2.20. The van der Waals surface area contributed by atoms with Gasteiger partial charge in [0.25, 0.3) is 5.91 Å². The highest BCUT2D eigenvalue weighted by Crippen LogP contribution is 2.39. The molecule has 0 fully saturated rings. The number of nitrogens with zero attached hydrogens (tertiary/aromatic N) is 1. The highest BCUT2D eigenvalue weighted by atomic mass is 16.5. The zero-order valence-corrected chi connectivity index (χ0v) is 16.9. The summed E-state index contributed by atoms with van der Waals surface area (Å²) in [6.07, 6.45) is 0. The van der Waals surface area contributed by atoms with E-state index >= 15 is 0 Å². The lowest BCUT2D eigenvalue weighted by Crippen LogP contribution is -2.38. The highest BCUT2D eigenvalue weighted by Gasteiger charge is 2.38. The summed E-state index contributed by atoms with van der Waals surface area (Å²) in [7, 11) is 0. The van der Waals surface area contributed by atoms with E-state index in [4.69, 9.17) is 4.74 Å². The van der Waals surface area contributed by atoms with Crippen LogP contribution in [0.25, 0.3) is 10.8 Å². The van der Waals surface area contributed by atoms with Gasteiger partial charge in [0.2, 0.25) is 5.91 Å². The standard InChI is InChI=1S/C24H24N2O3/c1-15-12-16(2)23-21(13-15)22(25-17(3)27)24(28)26(23)10-11-29-20-9-8-18-6-4-5-7-19(18)14-20/h4-9,12-14,22H,10-11H2,1-3H3,(H,25,27)/t22-/m0/s1. The number of carbonyl (C=O) groups is 2. The molecule has 1 N–H and O–H groups in total. The molecule has 4 rings (SSSR count). The van der Waals surface area contributed by atoms with Gasteiger partial charge >= 0.3 is 0 Å². The maximum absolute atomic E-state index is 13.0. The van der Waals surface area contributed by atoms with Crippen LogP contribution in [-0.2, 0) is 9.59 Å². The van der Waals surface area contributed by atoms with Gasteiger partial charge in [-0.2, -0.15) is 0 Å². The molecule has 0 saturated carbocycles. The van der Waals surface area contributed by atoms with Gasteiger partial charge in [0, 0.05) is 12.5 Å². The van der Waals surface area contributed by atoms with Crippen molar-refractivity contribution in [2.45, 2.75) is 26.8 Å². The molecular formula is C24H24N2O3. The number of rotatable bonds is 5. The Hall–Kier alpha value is -3.34. The van der Waals surface area contributed by atoms with Crippen LogP contribution in [0, 0.1) is 13.8 Å². The van der Waals surface area contributed by atoms with Gasteiger partial charge in [-0.05, 0) is 42.3 Å². The van der Waals surface area contributed by atoms with Crippen molar-refractivity contribution in [2.75, 3.05) is 18.1 Å². The van der Waals surface area contributed by atoms with E-state index in [-0.39, 0.29) is 11.8 Å². The average molecular weight is 388 g/mol. The van der Waals surface area contributed by atoms with Gasteiger partial charge in [-0.25, -0.2) is 0 Å². The normalized spacial score (nSPS) is 15.5. The first-order valence-corrected chi connectivity index (χ1v) is 9.75. The van der Waals surface area contributed by atoms with E-state index in [0.29, 0.717) is 13.2 Å². The van der Waals surface area contributed by atoms with Crippen molar-refractivity contribution < 1.29 is 14.3 Å². The molecule has 0 spiro atoms. The molecular weight excluding hydrogens is 364 g/mol. The Morgan fingerprint density at radius 2 is 1.83 bits per heavy atom. The Morgan fingerprint density at radius 1 is 1.07 bits per heavy atom. The summed E-state index contributed by atoms with van der Waals surface area (Å²) in [5.74, 6) is 0.434. The van der Waals surface area contributed by atoms with Crippen LogP contribution in [0.5, 0.6) is 5.75 Å². The summed E-state index contributed by atoms with van der Waals surface area (Å²) >= 11 is 0. The van der Waals surface area contributed by atoms with E-state index in [2.05, 4.69) is 17.4 Å². The Bertz CT molecular complexity index is 1110. The number of anilines is 1. The smallest absolute Gasteiger partial charge is 0.254 e. The molecule has 3 aromatic carbocycles. The molecule has 148 valence electrons. The molecule has 0 bridgehead atoms. The lowest BCUT2D eigenvalue weighted by atomic mass is 10.0. The number of fused-ring (bicyclic) bond motifs is 2. The van der Waals surface area contributed by atoms with Crippen LogP contribution in [0.15, 0.2) is 54.6 Å². The number of amides is 2. The third-order valence-electron chi connectivity index (χ3n) is 5.22. The summed E-state index contributed by atoms with van der Waals surface area (Å²) in [6.45, 7) is 6.20. The third-order valence-corrected chi connectivity index (χ3v) is 5.22. The first-order chi connectivity index (χ1) is 13.9. The maximum atomic E-state index is 13.0. The predicted molar refractivity (Wildman–Crippen MR) is 114 cm³/mol. The molecule has 0 unspecified atom stereocenters. The fourth-order valence-corrected chi connectivity index (χ4v) is 4.06. The largest absolute Gasteiger partial charge is 0.492 e. The van der Waals surface area contributed by atoms with Gasteiger partial charge in [-0.3, -0.25) is 9.59 Å². The van der Waals surface area contributed by atoms with Gasteiger partial charge in [0.15, 0.2) is 0 Å². The molecule has 0 saturated heterocycles. The molecule has 1 aliphatic heterocycles. The minimum atomic E-state index is -0.637. The number of ether oxygens (including phenoxy) is 1. The monoisotopic (exact) mass is 388 g/mol. The van der Waals surface area contributed by atoms with Crippen LogP contribution in [0.1, 0.15) is 29.7 Å². The van der Waals surface area contributed by atoms with Crippen LogP contribution >= 0.6 is 0 Å². The van der Waals surface area contributed by atoms with E-state index < -0.39 is 6.04 Å². The molecule has 5 nitrogen and oxygen atoms in total. The van der Waals surface area contributed by atoms with Crippen LogP contribution in [-0.4, -0.2) is 25.0 Å². The van der Waals surface area contributed by atoms with Crippen molar-refractivity contribution in [1.82, 2.24) is 5.32 Å². The van der Waals surface area contributed by atoms with Crippen LogP contribution < -0.4 is 15.0 Å². The molecule has 1 heterocycles. The zero-order valence-electron chi connectivity index (χ0n) is 16.9. The minimum absolute atomic E-state index is 0.119. The van der Waals surface area contributed by atoms with E-state index in [9.17, 15) is 9.59 Å². The summed E-state index contributed by atoms with van der Waals surface area (Å²) < 4.78 is 5.94. The van der Waals surface area contributed by atoms with E-state index in [0.717, 1.165) is 38.9 Å². The van der Waals surface area contributed by atoms with Gasteiger partial charge < -0.3 is 15.0 Å². The van der Waals surface area contributed by atoms with Gasteiger partial charge in [0.05, 0.1) is 12.2 Å². The van der Waals surface area contributed by atoms with Crippen molar-refractivity contribution in [3.8, 4) is 5.75 Å². The molecule has 0 aliphatic carbocycles. The predicted octanol–water partition coefficient (Wildman–Crippen LogP) is 4.06. The second kappa shape index (κ2) is 7.59. The van der Waals surface area contributed by atoms with Gasteiger partial charge in [-0.15, -0.1) is 0 Å². The van der Waals surface area contributed by atoms with Crippen molar-refractivity contribution in [3.05, 3.63) is 71.3 Å². The van der Waals surface area contributed by atoms with Gasteiger partial charge in [0.1, 0.15) is 18.4 Å². The Balaban J connectivity index is 1.53. The van der Waals surface area contributed by atoms with Crippen LogP contribution in [0.2, 0.25) is 0 Å².